The molecule has 1 aromatic carbocycles. The Morgan fingerprint density at radius 1 is 1.26 bits per heavy atom. The summed E-state index contributed by atoms with van der Waals surface area (Å²) in [5.74, 6) is -4.13. The first-order chi connectivity index (χ1) is 10.7. The molecule has 6 nitrogen and oxygen atoms in total. The van der Waals surface area contributed by atoms with E-state index < -0.39 is 43.1 Å². The van der Waals surface area contributed by atoms with Gasteiger partial charge in [0, 0.05) is 6.07 Å². The Bertz CT molecular complexity index is 570. The van der Waals surface area contributed by atoms with Crippen LogP contribution in [0, 0.1) is 17.6 Å². The molecule has 23 heavy (non-hydrogen) atoms. The highest BCUT2D eigenvalue weighted by molar-refractivity contribution is 6.43. The van der Waals surface area contributed by atoms with Crippen molar-refractivity contribution in [2.75, 3.05) is 6.54 Å². The average molecular weight is 328 g/mol. The van der Waals surface area contributed by atoms with Crippen LogP contribution in [0.3, 0.4) is 0 Å². The molecule has 0 saturated carbocycles. The second-order valence-electron chi connectivity index (χ2n) is 5.52. The molecule has 0 aliphatic carbocycles. The molecule has 0 saturated heterocycles. The molecule has 0 aromatic heterocycles. The molecule has 0 bridgehead atoms. The quantitative estimate of drug-likeness (QED) is 0.539. The molecule has 1 rings (SSSR count). The van der Waals surface area contributed by atoms with Gasteiger partial charge in [-0.1, -0.05) is 13.8 Å². The van der Waals surface area contributed by atoms with Crippen LogP contribution in [0.4, 0.5) is 8.78 Å². The maximum atomic E-state index is 13.4. The summed E-state index contributed by atoms with van der Waals surface area (Å²) in [5.41, 5.74) is -0.389. The Balaban J connectivity index is 2.56. The number of hydrogen-bond acceptors (Lipinski definition) is 4. The summed E-state index contributed by atoms with van der Waals surface area (Å²) in [5, 5.41) is 22.9. The molecule has 0 fully saturated rings. The van der Waals surface area contributed by atoms with Gasteiger partial charge in [-0.3, -0.25) is 9.59 Å². The lowest BCUT2D eigenvalue weighted by Crippen LogP contribution is -2.50. The highest BCUT2D eigenvalue weighted by Gasteiger charge is 2.26. The molecule has 1 aromatic rings. The van der Waals surface area contributed by atoms with E-state index in [1.807, 2.05) is 13.8 Å². The van der Waals surface area contributed by atoms with Crippen molar-refractivity contribution in [1.82, 2.24) is 10.6 Å². The Morgan fingerprint density at radius 3 is 2.43 bits per heavy atom. The van der Waals surface area contributed by atoms with Gasteiger partial charge in [0.25, 0.3) is 5.91 Å². The third-order valence-electron chi connectivity index (χ3n) is 3.02. The summed E-state index contributed by atoms with van der Waals surface area (Å²) < 4.78 is 26.2. The molecule has 2 amide bonds. The van der Waals surface area contributed by atoms with E-state index in [0.29, 0.717) is 12.5 Å². The number of carbonyl (C=O) groups excluding carboxylic acids is 2. The van der Waals surface area contributed by atoms with E-state index in [0.717, 1.165) is 12.1 Å². The SMILES string of the molecule is CC(C)C[C@H](NC(=O)CNC(=O)c1ccc(F)cc1F)B(O)O. The first kappa shape index (κ1) is 19.1. The Kier molecular flexibility index (Phi) is 7.11. The summed E-state index contributed by atoms with van der Waals surface area (Å²) in [4.78, 5) is 23.4. The van der Waals surface area contributed by atoms with Crippen molar-refractivity contribution in [3.05, 3.63) is 35.4 Å². The molecule has 0 spiro atoms. The van der Waals surface area contributed by atoms with Crippen molar-refractivity contribution in [3.63, 3.8) is 0 Å². The van der Waals surface area contributed by atoms with E-state index >= 15 is 0 Å². The third-order valence-corrected chi connectivity index (χ3v) is 3.02. The van der Waals surface area contributed by atoms with Crippen molar-refractivity contribution in [3.8, 4) is 0 Å². The van der Waals surface area contributed by atoms with E-state index in [4.69, 9.17) is 0 Å². The van der Waals surface area contributed by atoms with Crippen LogP contribution < -0.4 is 10.6 Å². The fourth-order valence-corrected chi connectivity index (χ4v) is 1.95. The van der Waals surface area contributed by atoms with Gasteiger partial charge in [0.2, 0.25) is 5.91 Å². The number of amides is 2. The standard InChI is InChI=1S/C14H19BF2N2O4/c1-8(2)5-12(15(22)23)19-13(20)7-18-14(21)10-4-3-9(16)6-11(10)17/h3-4,6,8,12,22-23H,5,7H2,1-2H3,(H,18,21)(H,19,20)/t12-/m0/s1. The molecule has 0 aliphatic rings. The molecule has 0 aliphatic heterocycles. The topological polar surface area (TPSA) is 98.7 Å². The van der Waals surface area contributed by atoms with Gasteiger partial charge in [-0.25, -0.2) is 8.78 Å². The van der Waals surface area contributed by atoms with Crippen LogP contribution in [0.5, 0.6) is 0 Å². The van der Waals surface area contributed by atoms with E-state index in [2.05, 4.69) is 10.6 Å². The summed E-state index contributed by atoms with van der Waals surface area (Å²) in [7, 11) is -1.73. The second-order valence-corrected chi connectivity index (χ2v) is 5.52. The lowest BCUT2D eigenvalue weighted by molar-refractivity contribution is -0.120. The van der Waals surface area contributed by atoms with Crippen molar-refractivity contribution < 1.29 is 28.4 Å². The molecule has 1 atom stereocenters. The maximum absolute atomic E-state index is 13.4. The van der Waals surface area contributed by atoms with Crippen LogP contribution in [0.1, 0.15) is 30.6 Å². The van der Waals surface area contributed by atoms with Crippen molar-refractivity contribution in [1.29, 1.82) is 0 Å². The predicted octanol–water partition coefficient (Wildman–Crippen LogP) is 0.237. The number of nitrogens with one attached hydrogen (secondary N) is 2. The molecular formula is C14H19BF2N2O4. The summed E-state index contributed by atoms with van der Waals surface area (Å²) in [6.45, 7) is 3.22. The minimum Gasteiger partial charge on any atom is -0.426 e. The predicted molar refractivity (Wildman–Crippen MR) is 80.3 cm³/mol. The molecular weight excluding hydrogens is 309 g/mol. The van der Waals surface area contributed by atoms with E-state index in [1.165, 1.54) is 0 Å². The minimum absolute atomic E-state index is 0.116. The lowest BCUT2D eigenvalue weighted by atomic mass is 9.75. The zero-order chi connectivity index (χ0) is 17.6. The lowest BCUT2D eigenvalue weighted by Gasteiger charge is -2.19. The molecule has 0 heterocycles. The zero-order valence-corrected chi connectivity index (χ0v) is 12.8. The first-order valence-corrected chi connectivity index (χ1v) is 7.09. The molecule has 126 valence electrons. The Hall–Kier alpha value is -2.00. The number of benzene rings is 1. The minimum atomic E-state index is -1.73. The van der Waals surface area contributed by atoms with Crippen LogP contribution >= 0.6 is 0 Å². The molecule has 9 heteroatoms. The Morgan fingerprint density at radius 2 is 1.91 bits per heavy atom. The van der Waals surface area contributed by atoms with Crippen molar-refractivity contribution >= 4 is 18.9 Å². The van der Waals surface area contributed by atoms with Gasteiger partial charge in [-0.15, -0.1) is 0 Å². The second kappa shape index (κ2) is 8.59. The van der Waals surface area contributed by atoms with Gasteiger partial charge in [0.1, 0.15) is 11.6 Å². The number of rotatable bonds is 7. The van der Waals surface area contributed by atoms with Gasteiger partial charge in [0.05, 0.1) is 18.0 Å². The van der Waals surface area contributed by atoms with Gasteiger partial charge in [-0.05, 0) is 24.5 Å². The normalized spacial score (nSPS) is 12.0. The summed E-state index contributed by atoms with van der Waals surface area (Å²) in [6.07, 6.45) is 0.337. The summed E-state index contributed by atoms with van der Waals surface area (Å²) in [6, 6.07) is 2.46. The van der Waals surface area contributed by atoms with Crippen LogP contribution in [0.15, 0.2) is 18.2 Å². The van der Waals surface area contributed by atoms with E-state index in [1.54, 1.807) is 0 Å². The average Bonchev–Trinajstić information content (AvgIpc) is 2.43. The van der Waals surface area contributed by atoms with Gasteiger partial charge in [-0.2, -0.15) is 0 Å². The number of carbonyl (C=O) groups is 2. The van der Waals surface area contributed by atoms with Crippen molar-refractivity contribution in [2.24, 2.45) is 5.92 Å². The van der Waals surface area contributed by atoms with Crippen LogP contribution in [0.25, 0.3) is 0 Å². The van der Waals surface area contributed by atoms with Crippen molar-refractivity contribution in [2.45, 2.75) is 26.2 Å². The monoisotopic (exact) mass is 328 g/mol. The smallest absolute Gasteiger partial charge is 0.426 e. The first-order valence-electron chi connectivity index (χ1n) is 7.09. The van der Waals surface area contributed by atoms with Gasteiger partial charge < -0.3 is 20.7 Å². The highest BCUT2D eigenvalue weighted by atomic mass is 19.1. The van der Waals surface area contributed by atoms with Gasteiger partial charge >= 0.3 is 7.12 Å². The third kappa shape index (κ3) is 6.33. The summed E-state index contributed by atoms with van der Waals surface area (Å²) >= 11 is 0. The highest BCUT2D eigenvalue weighted by Crippen LogP contribution is 2.09. The number of halogens is 2. The fourth-order valence-electron chi connectivity index (χ4n) is 1.95. The van der Waals surface area contributed by atoms with Crippen LogP contribution in [-0.2, 0) is 4.79 Å². The molecule has 4 N–H and O–H groups in total. The van der Waals surface area contributed by atoms with Crippen LogP contribution in [-0.4, -0.2) is 41.5 Å². The van der Waals surface area contributed by atoms with Gasteiger partial charge in [0.15, 0.2) is 0 Å². The van der Waals surface area contributed by atoms with Crippen LogP contribution in [0.2, 0.25) is 0 Å². The van der Waals surface area contributed by atoms with E-state index in [9.17, 15) is 28.4 Å². The number of hydrogen-bond donors (Lipinski definition) is 4. The maximum Gasteiger partial charge on any atom is 0.475 e. The largest absolute Gasteiger partial charge is 0.475 e. The Labute approximate surface area is 133 Å². The molecule has 0 unspecified atom stereocenters. The zero-order valence-electron chi connectivity index (χ0n) is 12.8. The fraction of sp³-hybridized carbons (Fsp3) is 0.429. The molecule has 0 radical (unpaired) electrons. The van der Waals surface area contributed by atoms with E-state index in [-0.39, 0.29) is 11.5 Å².